The van der Waals surface area contributed by atoms with E-state index in [0.29, 0.717) is 0 Å². The van der Waals surface area contributed by atoms with Crippen LogP contribution in [-0.4, -0.2) is 35.0 Å². The molecular weight excluding hydrogens is 278 g/mol. The van der Waals surface area contributed by atoms with E-state index in [9.17, 15) is 0 Å². The summed E-state index contributed by atoms with van der Waals surface area (Å²) in [7, 11) is -9.33. The molecule has 0 saturated heterocycles. The van der Waals surface area contributed by atoms with E-state index in [1.165, 1.54) is 0 Å². The third-order valence-corrected chi connectivity index (χ3v) is 0.800. The maximum absolute atomic E-state index is 8.74. The Hall–Kier alpha value is -1.24. The Balaban J connectivity index is 0. The van der Waals surface area contributed by atoms with Crippen LogP contribution in [0.4, 0.5) is 5.69 Å². The molecule has 0 aliphatic rings. The third kappa shape index (κ3) is 52.6. The van der Waals surface area contributed by atoms with Gasteiger partial charge in [-0.05, 0) is 12.1 Å². The van der Waals surface area contributed by atoms with E-state index in [1.54, 1.807) is 0 Å². The lowest BCUT2D eigenvalue weighted by molar-refractivity contribution is 0.378. The molecule has 1 aromatic rings. The van der Waals surface area contributed by atoms with Crippen LogP contribution in [0.2, 0.25) is 0 Å². The summed E-state index contributed by atoms with van der Waals surface area (Å²) in [5.41, 5.74) is 6.18. The highest BCUT2D eigenvalue weighted by molar-refractivity contribution is 7.80. The van der Waals surface area contributed by atoms with Crippen molar-refractivity contribution in [2.24, 2.45) is 0 Å². The number of hydrogen-bond donors (Lipinski definition) is 5. The zero-order valence-electron chi connectivity index (χ0n) is 8.20. The van der Waals surface area contributed by atoms with Gasteiger partial charge in [0.05, 0.1) is 0 Å². The molecule has 0 atom stereocenters. The van der Waals surface area contributed by atoms with Gasteiger partial charge in [-0.25, -0.2) is 0 Å². The minimum Gasteiger partial charge on any atom is -0.399 e. The average molecular weight is 289 g/mol. The molecule has 0 saturated carbocycles. The Bertz CT molecular complexity index is 448. The molecule has 1 rings (SSSR count). The SMILES string of the molecule is Nc1ccccc1.O=S(=O)(O)O.O=S(=O)(O)O. The van der Waals surface area contributed by atoms with Crippen LogP contribution >= 0.6 is 0 Å². The van der Waals surface area contributed by atoms with E-state index in [4.69, 9.17) is 40.8 Å². The van der Waals surface area contributed by atoms with E-state index < -0.39 is 20.8 Å². The Morgan fingerprint density at radius 1 is 0.765 bits per heavy atom. The number of nitrogens with two attached hydrogens (primary N) is 1. The molecule has 0 radical (unpaired) electrons. The van der Waals surface area contributed by atoms with Crippen molar-refractivity contribution in [3.8, 4) is 0 Å². The van der Waals surface area contributed by atoms with E-state index in [0.717, 1.165) is 5.69 Å². The molecule has 11 heteroatoms. The van der Waals surface area contributed by atoms with Gasteiger partial charge in [0.1, 0.15) is 0 Å². The maximum atomic E-state index is 8.74. The van der Waals surface area contributed by atoms with Crippen molar-refractivity contribution >= 4 is 26.5 Å². The van der Waals surface area contributed by atoms with Crippen molar-refractivity contribution in [1.29, 1.82) is 0 Å². The molecule has 0 heterocycles. The van der Waals surface area contributed by atoms with Crippen LogP contribution in [0.3, 0.4) is 0 Å². The van der Waals surface area contributed by atoms with Gasteiger partial charge in [-0.1, -0.05) is 18.2 Å². The summed E-state index contributed by atoms with van der Waals surface area (Å²) in [6.07, 6.45) is 0. The van der Waals surface area contributed by atoms with Crippen molar-refractivity contribution in [1.82, 2.24) is 0 Å². The van der Waals surface area contributed by atoms with Crippen LogP contribution < -0.4 is 5.73 Å². The summed E-state index contributed by atoms with van der Waals surface area (Å²) in [4.78, 5) is 0. The fourth-order valence-corrected chi connectivity index (χ4v) is 0.453. The first-order valence-corrected chi connectivity index (χ1v) is 6.39. The van der Waals surface area contributed by atoms with Gasteiger partial charge in [0.2, 0.25) is 0 Å². The van der Waals surface area contributed by atoms with Gasteiger partial charge in [0.15, 0.2) is 0 Å². The second kappa shape index (κ2) is 7.94. The monoisotopic (exact) mass is 289 g/mol. The molecule has 0 amide bonds. The van der Waals surface area contributed by atoms with E-state index in [-0.39, 0.29) is 0 Å². The van der Waals surface area contributed by atoms with Gasteiger partial charge in [0, 0.05) is 5.69 Å². The zero-order valence-corrected chi connectivity index (χ0v) is 9.84. The number of anilines is 1. The highest BCUT2D eigenvalue weighted by Crippen LogP contribution is 1.95. The Labute approximate surface area is 98.0 Å². The number of hydrogen-bond acceptors (Lipinski definition) is 5. The molecule has 1 aromatic carbocycles. The standard InChI is InChI=1S/C6H7N.2H2O4S/c7-6-4-2-1-3-5-6;2*1-5(2,3)4/h1-5H,7H2;2*(H2,1,2,3,4). The minimum absolute atomic E-state index is 0.822. The number of rotatable bonds is 0. The summed E-state index contributed by atoms with van der Waals surface area (Å²) in [6, 6.07) is 9.49. The number of benzene rings is 1. The summed E-state index contributed by atoms with van der Waals surface area (Å²) in [5.74, 6) is 0. The predicted molar refractivity (Wildman–Crippen MR) is 59.2 cm³/mol. The highest BCUT2D eigenvalue weighted by Gasteiger charge is 1.85. The second-order valence-corrected chi connectivity index (χ2v) is 4.10. The largest absolute Gasteiger partial charge is 0.399 e. The van der Waals surface area contributed by atoms with Gasteiger partial charge in [-0.3, -0.25) is 18.2 Å². The van der Waals surface area contributed by atoms with E-state index in [1.807, 2.05) is 30.3 Å². The van der Waals surface area contributed by atoms with Crippen LogP contribution in [0.1, 0.15) is 0 Å². The fraction of sp³-hybridized carbons (Fsp3) is 0. The van der Waals surface area contributed by atoms with Crippen molar-refractivity contribution in [2.45, 2.75) is 0 Å². The molecule has 6 N–H and O–H groups in total. The first kappa shape index (κ1) is 18.1. The lowest BCUT2D eigenvalue weighted by Crippen LogP contribution is -1.89. The lowest BCUT2D eigenvalue weighted by Gasteiger charge is -1.83. The third-order valence-electron chi connectivity index (χ3n) is 0.800. The minimum atomic E-state index is -4.67. The smallest absolute Gasteiger partial charge is 0.394 e. The molecule has 0 unspecified atom stereocenters. The first-order chi connectivity index (χ1) is 7.39. The van der Waals surface area contributed by atoms with Gasteiger partial charge in [-0.2, -0.15) is 16.8 Å². The molecule has 0 aliphatic carbocycles. The van der Waals surface area contributed by atoms with Crippen molar-refractivity contribution in [2.75, 3.05) is 5.73 Å². The molecule has 0 bridgehead atoms. The van der Waals surface area contributed by atoms with Crippen molar-refractivity contribution < 1.29 is 35.0 Å². The van der Waals surface area contributed by atoms with Crippen molar-refractivity contribution in [3.63, 3.8) is 0 Å². The quantitative estimate of drug-likeness (QED) is 0.324. The maximum Gasteiger partial charge on any atom is 0.394 e. The zero-order chi connectivity index (χ0) is 14.1. The molecule has 0 fully saturated rings. The molecular formula is C6H11NO8S2. The normalized spacial score (nSPS) is 10.4. The Kier molecular flexibility index (Phi) is 8.47. The van der Waals surface area contributed by atoms with E-state index in [2.05, 4.69) is 0 Å². The van der Waals surface area contributed by atoms with Crippen LogP contribution in [0.25, 0.3) is 0 Å². The summed E-state index contributed by atoms with van der Waals surface area (Å²) in [6.45, 7) is 0. The first-order valence-electron chi connectivity index (χ1n) is 3.60. The molecule has 9 nitrogen and oxygen atoms in total. The highest BCUT2D eigenvalue weighted by atomic mass is 32.3. The van der Waals surface area contributed by atoms with Gasteiger partial charge >= 0.3 is 20.8 Å². The van der Waals surface area contributed by atoms with Crippen LogP contribution in [0, 0.1) is 0 Å². The number of nitrogen functional groups attached to an aromatic ring is 1. The summed E-state index contributed by atoms with van der Waals surface area (Å²) >= 11 is 0. The second-order valence-electron chi connectivity index (χ2n) is 2.31. The summed E-state index contributed by atoms with van der Waals surface area (Å²) < 4.78 is 63.2. The molecule has 17 heavy (non-hydrogen) atoms. The van der Waals surface area contributed by atoms with Gasteiger partial charge in [-0.15, -0.1) is 0 Å². The van der Waals surface area contributed by atoms with Gasteiger partial charge < -0.3 is 5.73 Å². The van der Waals surface area contributed by atoms with Gasteiger partial charge in [0.25, 0.3) is 0 Å². The lowest BCUT2D eigenvalue weighted by atomic mass is 10.3. The molecule has 0 aliphatic heterocycles. The molecule has 100 valence electrons. The molecule has 0 aromatic heterocycles. The van der Waals surface area contributed by atoms with E-state index >= 15 is 0 Å². The average Bonchev–Trinajstić information content (AvgIpc) is 1.98. The Morgan fingerprint density at radius 2 is 1.00 bits per heavy atom. The van der Waals surface area contributed by atoms with Crippen LogP contribution in [0.5, 0.6) is 0 Å². The molecule has 0 spiro atoms. The topological polar surface area (TPSA) is 175 Å². The predicted octanol–water partition coefficient (Wildman–Crippen LogP) is -0.0368. The summed E-state index contributed by atoms with van der Waals surface area (Å²) in [5, 5.41) is 0. The Morgan fingerprint density at radius 3 is 1.12 bits per heavy atom. The van der Waals surface area contributed by atoms with Crippen LogP contribution in [0.15, 0.2) is 30.3 Å². The number of para-hydroxylation sites is 1. The van der Waals surface area contributed by atoms with Crippen LogP contribution in [-0.2, 0) is 20.8 Å². The van der Waals surface area contributed by atoms with Crippen molar-refractivity contribution in [3.05, 3.63) is 30.3 Å². The fourth-order valence-electron chi connectivity index (χ4n) is 0.453.